The van der Waals surface area contributed by atoms with Gasteiger partial charge in [-0.3, -0.25) is 14.4 Å². The second kappa shape index (κ2) is 8.76. The average molecular weight is 351 g/mol. The van der Waals surface area contributed by atoms with Crippen LogP contribution in [-0.4, -0.2) is 24.6 Å². The molecule has 0 saturated heterocycles. The standard InChI is InChI=1S/C21H21NO4/c1-4-26-21(16-8-6-5-7-9-16)19(13-23)18-12-17(14(2)24)10-11-20(18)22-15(3)25/h5-13H,4H2,1-3H3,(H,22,25)/b21-19+. The summed E-state index contributed by atoms with van der Waals surface area (Å²) in [7, 11) is 0. The number of benzene rings is 2. The lowest BCUT2D eigenvalue weighted by molar-refractivity contribution is -0.114. The summed E-state index contributed by atoms with van der Waals surface area (Å²) >= 11 is 0. The predicted octanol–water partition coefficient (Wildman–Crippen LogP) is 3.95. The van der Waals surface area contributed by atoms with Crippen LogP contribution in [0.15, 0.2) is 48.5 Å². The number of hydrogen-bond donors (Lipinski definition) is 1. The highest BCUT2D eigenvalue weighted by molar-refractivity contribution is 6.19. The Hall–Kier alpha value is -3.21. The van der Waals surface area contributed by atoms with Crippen LogP contribution < -0.4 is 5.32 Å². The van der Waals surface area contributed by atoms with Gasteiger partial charge in [0.15, 0.2) is 12.1 Å². The van der Waals surface area contributed by atoms with Crippen molar-refractivity contribution in [2.45, 2.75) is 20.8 Å². The molecule has 2 aromatic rings. The summed E-state index contributed by atoms with van der Waals surface area (Å²) in [6, 6.07) is 14.1. The molecule has 0 unspecified atom stereocenters. The maximum Gasteiger partial charge on any atom is 0.221 e. The van der Waals surface area contributed by atoms with Gasteiger partial charge in [0.2, 0.25) is 5.91 Å². The summed E-state index contributed by atoms with van der Waals surface area (Å²) < 4.78 is 5.75. The molecule has 0 aromatic heterocycles. The Morgan fingerprint density at radius 1 is 1.04 bits per heavy atom. The second-order valence-corrected chi connectivity index (χ2v) is 5.66. The van der Waals surface area contributed by atoms with E-state index in [1.807, 2.05) is 37.3 Å². The van der Waals surface area contributed by atoms with Gasteiger partial charge in [0.25, 0.3) is 0 Å². The molecule has 0 aliphatic heterocycles. The monoisotopic (exact) mass is 351 g/mol. The molecule has 0 spiro atoms. The molecule has 1 amide bonds. The van der Waals surface area contributed by atoms with Crippen molar-refractivity contribution in [3.8, 4) is 0 Å². The molecule has 0 bridgehead atoms. The zero-order valence-electron chi connectivity index (χ0n) is 15.0. The molecule has 5 nitrogen and oxygen atoms in total. The topological polar surface area (TPSA) is 72.5 Å². The van der Waals surface area contributed by atoms with Crippen molar-refractivity contribution < 1.29 is 19.1 Å². The number of rotatable bonds is 7. The minimum Gasteiger partial charge on any atom is -0.492 e. The lowest BCUT2D eigenvalue weighted by Gasteiger charge is -2.16. The quantitative estimate of drug-likeness (QED) is 0.269. The van der Waals surface area contributed by atoms with Crippen LogP contribution in [0.3, 0.4) is 0 Å². The molecule has 26 heavy (non-hydrogen) atoms. The van der Waals surface area contributed by atoms with Crippen molar-refractivity contribution in [2.24, 2.45) is 0 Å². The van der Waals surface area contributed by atoms with Crippen molar-refractivity contribution in [2.75, 3.05) is 11.9 Å². The number of Topliss-reactive ketones (excluding diaryl/α,β-unsaturated/α-hetero) is 1. The van der Waals surface area contributed by atoms with Crippen molar-refractivity contribution >= 4 is 35.0 Å². The third-order valence-electron chi connectivity index (χ3n) is 3.71. The van der Waals surface area contributed by atoms with Crippen molar-refractivity contribution in [3.63, 3.8) is 0 Å². The largest absolute Gasteiger partial charge is 0.492 e. The Morgan fingerprint density at radius 2 is 1.73 bits per heavy atom. The maximum absolute atomic E-state index is 12.0. The zero-order chi connectivity index (χ0) is 19.1. The lowest BCUT2D eigenvalue weighted by Crippen LogP contribution is -2.10. The molecule has 134 valence electrons. The predicted molar refractivity (Wildman–Crippen MR) is 102 cm³/mol. The first-order valence-corrected chi connectivity index (χ1v) is 8.28. The van der Waals surface area contributed by atoms with Crippen LogP contribution in [0.2, 0.25) is 0 Å². The number of amides is 1. The molecular weight excluding hydrogens is 330 g/mol. The highest BCUT2D eigenvalue weighted by Gasteiger charge is 2.18. The zero-order valence-corrected chi connectivity index (χ0v) is 15.0. The van der Waals surface area contributed by atoms with Crippen LogP contribution in [-0.2, 0) is 14.3 Å². The van der Waals surface area contributed by atoms with Crippen LogP contribution in [0.5, 0.6) is 0 Å². The summed E-state index contributed by atoms with van der Waals surface area (Å²) in [5.41, 5.74) is 2.33. The first kappa shape index (κ1) is 19.1. The van der Waals surface area contributed by atoms with E-state index >= 15 is 0 Å². The summed E-state index contributed by atoms with van der Waals surface area (Å²) in [6.45, 7) is 5.02. The van der Waals surface area contributed by atoms with Gasteiger partial charge in [-0.15, -0.1) is 0 Å². The fourth-order valence-corrected chi connectivity index (χ4v) is 2.57. The van der Waals surface area contributed by atoms with Gasteiger partial charge in [0, 0.05) is 29.3 Å². The Balaban J connectivity index is 2.76. The van der Waals surface area contributed by atoms with Crippen LogP contribution in [0, 0.1) is 0 Å². The summed E-state index contributed by atoms with van der Waals surface area (Å²) in [5.74, 6) is -0.0105. The summed E-state index contributed by atoms with van der Waals surface area (Å²) in [5, 5.41) is 2.70. The molecule has 1 N–H and O–H groups in total. The average Bonchev–Trinajstić information content (AvgIpc) is 2.62. The van der Waals surface area contributed by atoms with E-state index in [1.54, 1.807) is 18.2 Å². The van der Waals surface area contributed by atoms with Crippen LogP contribution in [0.25, 0.3) is 11.3 Å². The SMILES string of the molecule is CCO/C(=C(\C=O)c1cc(C(C)=O)ccc1NC(C)=O)c1ccccc1. The molecule has 0 aliphatic carbocycles. The van der Waals surface area contributed by atoms with E-state index < -0.39 is 0 Å². The van der Waals surface area contributed by atoms with Gasteiger partial charge in [0.05, 0.1) is 12.2 Å². The number of nitrogens with one attached hydrogen (secondary N) is 1. The molecule has 0 radical (unpaired) electrons. The summed E-state index contributed by atoms with van der Waals surface area (Å²) in [6.07, 6.45) is 0.683. The van der Waals surface area contributed by atoms with E-state index in [2.05, 4.69) is 5.32 Å². The van der Waals surface area contributed by atoms with E-state index in [4.69, 9.17) is 4.74 Å². The minimum absolute atomic E-state index is 0.136. The molecule has 0 aliphatic rings. The molecule has 5 heteroatoms. The van der Waals surface area contributed by atoms with E-state index in [0.29, 0.717) is 35.5 Å². The number of hydrogen-bond acceptors (Lipinski definition) is 4. The van der Waals surface area contributed by atoms with Crippen molar-refractivity contribution in [1.29, 1.82) is 0 Å². The Kier molecular flexibility index (Phi) is 6.44. The van der Waals surface area contributed by atoms with Crippen LogP contribution in [0.1, 0.15) is 42.3 Å². The van der Waals surface area contributed by atoms with Gasteiger partial charge in [-0.1, -0.05) is 30.3 Å². The van der Waals surface area contributed by atoms with E-state index in [1.165, 1.54) is 13.8 Å². The molecule has 0 fully saturated rings. The van der Waals surface area contributed by atoms with Gasteiger partial charge in [-0.2, -0.15) is 0 Å². The second-order valence-electron chi connectivity index (χ2n) is 5.66. The molecule has 0 heterocycles. The fraction of sp³-hybridized carbons (Fsp3) is 0.190. The fourth-order valence-electron chi connectivity index (χ4n) is 2.57. The lowest BCUT2D eigenvalue weighted by atomic mass is 9.97. The smallest absolute Gasteiger partial charge is 0.221 e. The highest BCUT2D eigenvalue weighted by Crippen LogP contribution is 2.31. The van der Waals surface area contributed by atoms with Gasteiger partial charge in [0.1, 0.15) is 5.76 Å². The number of ether oxygens (including phenoxy) is 1. The Bertz CT molecular complexity index is 854. The highest BCUT2D eigenvalue weighted by atomic mass is 16.5. The van der Waals surface area contributed by atoms with Crippen LogP contribution >= 0.6 is 0 Å². The van der Waals surface area contributed by atoms with Crippen molar-refractivity contribution in [1.82, 2.24) is 0 Å². The Morgan fingerprint density at radius 3 is 2.27 bits per heavy atom. The number of carbonyl (C=O) groups is 3. The van der Waals surface area contributed by atoms with E-state index in [-0.39, 0.29) is 17.3 Å². The number of carbonyl (C=O) groups excluding carboxylic acids is 3. The first-order chi connectivity index (χ1) is 12.5. The van der Waals surface area contributed by atoms with E-state index in [0.717, 1.165) is 5.56 Å². The molecule has 0 saturated carbocycles. The number of allylic oxidation sites excluding steroid dienone is 1. The normalized spacial score (nSPS) is 11.3. The Labute approximate surface area is 152 Å². The first-order valence-electron chi connectivity index (χ1n) is 8.28. The summed E-state index contributed by atoms with van der Waals surface area (Å²) in [4.78, 5) is 35.3. The van der Waals surface area contributed by atoms with Crippen LogP contribution in [0.4, 0.5) is 5.69 Å². The van der Waals surface area contributed by atoms with Gasteiger partial charge < -0.3 is 10.1 Å². The number of anilines is 1. The number of aldehydes is 1. The van der Waals surface area contributed by atoms with E-state index in [9.17, 15) is 14.4 Å². The van der Waals surface area contributed by atoms with Gasteiger partial charge in [-0.25, -0.2) is 0 Å². The minimum atomic E-state index is -0.273. The molecule has 2 aromatic carbocycles. The molecule has 2 rings (SSSR count). The third kappa shape index (κ3) is 4.45. The van der Waals surface area contributed by atoms with Crippen molar-refractivity contribution in [3.05, 3.63) is 65.2 Å². The number of ketones is 1. The molecule has 0 atom stereocenters. The third-order valence-corrected chi connectivity index (χ3v) is 3.71. The van der Waals surface area contributed by atoms with Gasteiger partial charge in [-0.05, 0) is 32.0 Å². The van der Waals surface area contributed by atoms with Gasteiger partial charge >= 0.3 is 0 Å². The maximum atomic E-state index is 12.0. The molecular formula is C21H21NO4.